The highest BCUT2D eigenvalue weighted by molar-refractivity contribution is 5.84. The number of fused-ring (bicyclic) bond motifs is 2. The molecule has 0 aliphatic carbocycles. The van der Waals surface area contributed by atoms with E-state index in [1.54, 1.807) is 7.11 Å². The first-order valence-corrected chi connectivity index (χ1v) is 13.8. The Morgan fingerprint density at radius 2 is 1.63 bits per heavy atom. The number of nitrogens with one attached hydrogen (secondary N) is 3. The number of nitrogens with zero attached hydrogens (tertiary/aromatic N) is 3. The molecule has 0 bridgehead atoms. The lowest BCUT2D eigenvalue weighted by molar-refractivity contribution is -0.119. The van der Waals surface area contributed by atoms with Crippen molar-refractivity contribution in [1.82, 2.24) is 30.0 Å². The molecule has 0 radical (unpaired) electrons. The molecule has 3 aromatic heterocycles. The fourth-order valence-corrected chi connectivity index (χ4v) is 5.47. The minimum atomic E-state index is -0.241. The maximum Gasteiger partial charge on any atom is 0.233 e. The van der Waals surface area contributed by atoms with E-state index in [1.165, 1.54) is 10.9 Å². The van der Waals surface area contributed by atoms with Gasteiger partial charge in [0.25, 0.3) is 0 Å². The van der Waals surface area contributed by atoms with Gasteiger partial charge in [-0.3, -0.25) is 4.79 Å². The summed E-state index contributed by atoms with van der Waals surface area (Å²) in [6, 6.07) is 24.5. The summed E-state index contributed by atoms with van der Waals surface area (Å²) in [6.45, 7) is 0.856. The molecule has 41 heavy (non-hydrogen) atoms. The molecule has 0 saturated carbocycles. The van der Waals surface area contributed by atoms with E-state index in [-0.39, 0.29) is 18.4 Å². The number of hydrogen-bond donors (Lipinski definition) is 4. The lowest BCUT2D eigenvalue weighted by atomic mass is 9.97. The number of aryl methyl sites for hydroxylation is 2. The topological polar surface area (TPSA) is 127 Å². The van der Waals surface area contributed by atoms with Gasteiger partial charge in [-0.15, -0.1) is 10.2 Å². The van der Waals surface area contributed by atoms with Crippen LogP contribution in [0, 0.1) is 0 Å². The molecule has 6 rings (SSSR count). The molecule has 208 valence electrons. The number of aromatic amines is 2. The second-order valence-electron chi connectivity index (χ2n) is 10.1. The third-order valence-corrected chi connectivity index (χ3v) is 7.65. The molecule has 6 aromatic rings. The standard InChI is InChI=1S/C32H33N7O2/c1-41-23-13-10-21(11-14-23)20-39-30(15-12-22-17-34-28-8-4-2-6-24(22)28)37-38-32(39)27(19-36-31(40)16-33)26-18-35-29-9-5-3-7-25(26)29/h2-11,13-14,17-18,27,34-35H,12,15-16,19-20,33H2,1H3,(H,36,40). The Morgan fingerprint density at radius 1 is 0.927 bits per heavy atom. The Kier molecular flexibility index (Phi) is 7.51. The van der Waals surface area contributed by atoms with E-state index in [9.17, 15) is 4.79 Å². The number of nitrogens with two attached hydrogens (primary N) is 1. The van der Waals surface area contributed by atoms with Gasteiger partial charge in [-0.05, 0) is 47.4 Å². The Balaban J connectivity index is 1.40. The van der Waals surface area contributed by atoms with Crippen LogP contribution in [0.2, 0.25) is 0 Å². The van der Waals surface area contributed by atoms with Crippen LogP contribution in [0.1, 0.15) is 34.3 Å². The van der Waals surface area contributed by atoms with E-state index < -0.39 is 0 Å². The maximum absolute atomic E-state index is 12.3. The summed E-state index contributed by atoms with van der Waals surface area (Å²) in [5, 5.41) is 14.8. The van der Waals surface area contributed by atoms with Crippen LogP contribution in [0.4, 0.5) is 0 Å². The van der Waals surface area contributed by atoms with Gasteiger partial charge in [0, 0.05) is 47.2 Å². The molecule has 5 N–H and O–H groups in total. The van der Waals surface area contributed by atoms with Gasteiger partial charge >= 0.3 is 0 Å². The highest BCUT2D eigenvalue weighted by Gasteiger charge is 2.26. The molecule has 9 heteroatoms. The highest BCUT2D eigenvalue weighted by atomic mass is 16.5. The number of methoxy groups -OCH3 is 1. The third-order valence-electron chi connectivity index (χ3n) is 7.65. The largest absolute Gasteiger partial charge is 0.497 e. The number of ether oxygens (including phenoxy) is 1. The predicted molar refractivity (Wildman–Crippen MR) is 160 cm³/mol. The number of hydrogen-bond acceptors (Lipinski definition) is 5. The zero-order valence-corrected chi connectivity index (χ0v) is 22.9. The quantitative estimate of drug-likeness (QED) is 0.193. The first-order valence-electron chi connectivity index (χ1n) is 13.8. The summed E-state index contributed by atoms with van der Waals surface area (Å²) in [4.78, 5) is 19.0. The van der Waals surface area contributed by atoms with Gasteiger partial charge in [0.1, 0.15) is 17.4 Å². The molecule has 9 nitrogen and oxygen atoms in total. The lowest BCUT2D eigenvalue weighted by Crippen LogP contribution is -2.34. The van der Waals surface area contributed by atoms with Crippen molar-refractivity contribution in [3.05, 3.63) is 114 Å². The number of aromatic nitrogens is 5. The first-order chi connectivity index (χ1) is 20.1. The number of H-pyrrole nitrogens is 2. The van der Waals surface area contributed by atoms with Crippen LogP contribution in [0.25, 0.3) is 21.8 Å². The van der Waals surface area contributed by atoms with Gasteiger partial charge in [-0.1, -0.05) is 48.5 Å². The number of para-hydroxylation sites is 2. The van der Waals surface area contributed by atoms with Gasteiger partial charge in [0.15, 0.2) is 0 Å². The average Bonchev–Trinajstić information content (AvgIpc) is 3.74. The van der Waals surface area contributed by atoms with Crippen molar-refractivity contribution in [1.29, 1.82) is 0 Å². The van der Waals surface area contributed by atoms with E-state index in [4.69, 9.17) is 20.7 Å². The summed E-state index contributed by atoms with van der Waals surface area (Å²) in [5.41, 5.74) is 11.2. The fourth-order valence-electron chi connectivity index (χ4n) is 5.47. The Hall–Kier alpha value is -4.89. The summed E-state index contributed by atoms with van der Waals surface area (Å²) in [6.07, 6.45) is 5.60. The van der Waals surface area contributed by atoms with E-state index >= 15 is 0 Å². The van der Waals surface area contributed by atoms with Gasteiger partial charge in [0.05, 0.1) is 26.1 Å². The zero-order valence-electron chi connectivity index (χ0n) is 22.9. The van der Waals surface area contributed by atoms with Crippen LogP contribution in [0.15, 0.2) is 85.2 Å². The Bertz CT molecular complexity index is 1780. The van der Waals surface area contributed by atoms with Crippen LogP contribution in [-0.2, 0) is 24.2 Å². The smallest absolute Gasteiger partial charge is 0.233 e. The van der Waals surface area contributed by atoms with Crippen LogP contribution in [0.5, 0.6) is 5.75 Å². The van der Waals surface area contributed by atoms with Gasteiger partial charge in [-0.25, -0.2) is 0 Å². The van der Waals surface area contributed by atoms with Crippen LogP contribution >= 0.6 is 0 Å². The van der Waals surface area contributed by atoms with E-state index in [0.29, 0.717) is 19.5 Å². The molecule has 0 fully saturated rings. The minimum absolute atomic E-state index is 0.0744. The van der Waals surface area contributed by atoms with Crippen molar-refractivity contribution in [2.45, 2.75) is 25.3 Å². The molecule has 0 aliphatic rings. The summed E-state index contributed by atoms with van der Waals surface area (Å²) in [7, 11) is 1.66. The number of amides is 1. The molecule has 3 aromatic carbocycles. The van der Waals surface area contributed by atoms with Crippen molar-refractivity contribution >= 4 is 27.7 Å². The SMILES string of the molecule is COc1ccc(Cn2c(CCc3c[nH]c4ccccc34)nnc2C(CNC(=O)CN)c2c[nH]c3ccccc23)cc1. The molecule has 0 saturated heterocycles. The van der Waals surface area contributed by atoms with Crippen molar-refractivity contribution in [2.24, 2.45) is 5.73 Å². The molecule has 1 atom stereocenters. The Labute approximate surface area is 237 Å². The van der Waals surface area contributed by atoms with Crippen LogP contribution in [0.3, 0.4) is 0 Å². The molecule has 3 heterocycles. The Morgan fingerprint density at radius 3 is 2.39 bits per heavy atom. The summed E-state index contributed by atoms with van der Waals surface area (Å²) in [5.74, 6) is 2.02. The first kappa shape index (κ1) is 26.3. The number of carbonyl (C=O) groups is 1. The monoisotopic (exact) mass is 547 g/mol. The van der Waals surface area contributed by atoms with Crippen molar-refractivity contribution < 1.29 is 9.53 Å². The van der Waals surface area contributed by atoms with E-state index in [2.05, 4.69) is 62.4 Å². The van der Waals surface area contributed by atoms with Crippen LogP contribution in [-0.4, -0.2) is 50.8 Å². The number of carbonyl (C=O) groups excluding carboxylic acids is 1. The number of rotatable bonds is 11. The van der Waals surface area contributed by atoms with Crippen molar-refractivity contribution in [3.63, 3.8) is 0 Å². The third kappa shape index (κ3) is 5.44. The molecule has 0 aliphatic heterocycles. The van der Waals surface area contributed by atoms with Crippen molar-refractivity contribution in [2.75, 3.05) is 20.2 Å². The van der Waals surface area contributed by atoms with Crippen molar-refractivity contribution in [3.8, 4) is 5.75 Å². The van der Waals surface area contributed by atoms with Gasteiger partial charge in [0.2, 0.25) is 5.91 Å². The number of benzene rings is 3. The molecular formula is C32H33N7O2. The second kappa shape index (κ2) is 11.7. The van der Waals surface area contributed by atoms with E-state index in [0.717, 1.165) is 51.4 Å². The summed E-state index contributed by atoms with van der Waals surface area (Å²) >= 11 is 0. The normalized spacial score (nSPS) is 12.1. The van der Waals surface area contributed by atoms with E-state index in [1.807, 2.05) is 42.6 Å². The van der Waals surface area contributed by atoms with Gasteiger partial charge < -0.3 is 30.3 Å². The van der Waals surface area contributed by atoms with Gasteiger partial charge in [-0.2, -0.15) is 0 Å². The average molecular weight is 548 g/mol. The zero-order chi connectivity index (χ0) is 28.2. The predicted octanol–water partition coefficient (Wildman–Crippen LogP) is 4.29. The molecule has 1 amide bonds. The lowest BCUT2D eigenvalue weighted by Gasteiger charge is -2.19. The summed E-state index contributed by atoms with van der Waals surface area (Å²) < 4.78 is 7.56. The molecule has 0 spiro atoms. The molecule has 1 unspecified atom stereocenters. The highest BCUT2D eigenvalue weighted by Crippen LogP contribution is 2.31. The fraction of sp³-hybridized carbons (Fsp3) is 0.219. The maximum atomic E-state index is 12.3. The van der Waals surface area contributed by atoms with Crippen LogP contribution < -0.4 is 15.8 Å². The minimum Gasteiger partial charge on any atom is -0.497 e. The second-order valence-corrected chi connectivity index (χ2v) is 10.1. The molecular weight excluding hydrogens is 514 g/mol.